The number of hydrogen-bond acceptors (Lipinski definition) is 2. The Kier molecular flexibility index (Phi) is 3.66. The standard InChI is InChI=1S/C12H11BrClNO/c1-8(10-4-2-3-6-15-10)11(13)9-5-7-16-12(9)14/h2-8,11H,1H3. The minimum absolute atomic E-state index is 0.105. The van der Waals surface area contributed by atoms with E-state index in [9.17, 15) is 0 Å². The molecule has 16 heavy (non-hydrogen) atoms. The molecule has 2 heterocycles. The van der Waals surface area contributed by atoms with Crippen LogP contribution in [0.5, 0.6) is 0 Å². The zero-order valence-electron chi connectivity index (χ0n) is 8.73. The van der Waals surface area contributed by atoms with Gasteiger partial charge in [0.1, 0.15) is 0 Å². The summed E-state index contributed by atoms with van der Waals surface area (Å²) >= 11 is 9.58. The summed E-state index contributed by atoms with van der Waals surface area (Å²) in [6.45, 7) is 2.10. The first-order valence-corrected chi connectivity index (χ1v) is 6.27. The van der Waals surface area contributed by atoms with Crippen LogP contribution in [0.2, 0.25) is 5.22 Å². The first-order chi connectivity index (χ1) is 7.70. The number of hydrogen-bond donors (Lipinski definition) is 0. The van der Waals surface area contributed by atoms with E-state index in [1.807, 2.05) is 24.3 Å². The molecule has 2 aromatic heterocycles. The molecule has 4 heteroatoms. The van der Waals surface area contributed by atoms with Crippen LogP contribution in [0.3, 0.4) is 0 Å². The van der Waals surface area contributed by atoms with Crippen molar-refractivity contribution >= 4 is 27.5 Å². The molecule has 0 saturated heterocycles. The molecule has 0 saturated carbocycles. The molecular weight excluding hydrogens is 289 g/mol. The van der Waals surface area contributed by atoms with Crippen LogP contribution < -0.4 is 0 Å². The predicted molar refractivity (Wildman–Crippen MR) is 68.0 cm³/mol. The Morgan fingerprint density at radius 3 is 2.75 bits per heavy atom. The smallest absolute Gasteiger partial charge is 0.197 e. The van der Waals surface area contributed by atoms with Gasteiger partial charge in [0.05, 0.1) is 11.1 Å². The Morgan fingerprint density at radius 1 is 1.38 bits per heavy atom. The van der Waals surface area contributed by atoms with Crippen LogP contribution in [0.1, 0.15) is 28.9 Å². The Balaban J connectivity index is 2.23. The molecule has 0 aromatic carbocycles. The van der Waals surface area contributed by atoms with Gasteiger partial charge in [-0.1, -0.05) is 28.9 Å². The second-order valence-corrected chi connectivity index (χ2v) is 4.92. The highest BCUT2D eigenvalue weighted by Gasteiger charge is 2.22. The van der Waals surface area contributed by atoms with E-state index in [1.54, 1.807) is 12.5 Å². The van der Waals surface area contributed by atoms with Crippen molar-refractivity contribution < 1.29 is 4.42 Å². The Morgan fingerprint density at radius 2 is 2.19 bits per heavy atom. The van der Waals surface area contributed by atoms with Gasteiger partial charge in [-0.15, -0.1) is 0 Å². The fourth-order valence-corrected chi connectivity index (χ4v) is 2.56. The van der Waals surface area contributed by atoms with E-state index >= 15 is 0 Å². The topological polar surface area (TPSA) is 26.0 Å². The van der Waals surface area contributed by atoms with Crippen LogP contribution in [-0.2, 0) is 0 Å². The number of rotatable bonds is 3. The summed E-state index contributed by atoms with van der Waals surface area (Å²) in [4.78, 5) is 4.44. The van der Waals surface area contributed by atoms with E-state index in [0.717, 1.165) is 11.3 Å². The molecule has 2 rings (SSSR count). The monoisotopic (exact) mass is 299 g/mol. The Labute approximate surface area is 108 Å². The number of nitrogens with zero attached hydrogens (tertiary/aromatic N) is 1. The SMILES string of the molecule is CC(c1ccccn1)C(Br)c1ccoc1Cl. The molecule has 0 aliphatic heterocycles. The van der Waals surface area contributed by atoms with Crippen LogP contribution in [0.15, 0.2) is 41.1 Å². The molecule has 0 aliphatic carbocycles. The Bertz CT molecular complexity index is 457. The summed E-state index contributed by atoms with van der Waals surface area (Å²) < 4.78 is 5.09. The van der Waals surface area contributed by atoms with Crippen molar-refractivity contribution in [3.05, 3.63) is 53.2 Å². The molecule has 2 atom stereocenters. The number of furan rings is 1. The summed E-state index contributed by atoms with van der Waals surface area (Å²) in [5, 5.41) is 0.435. The maximum atomic E-state index is 5.95. The number of pyridine rings is 1. The summed E-state index contributed by atoms with van der Waals surface area (Å²) in [5.74, 6) is 0.233. The average molecular weight is 301 g/mol. The maximum absolute atomic E-state index is 5.95. The van der Waals surface area contributed by atoms with E-state index in [4.69, 9.17) is 16.0 Å². The molecule has 0 N–H and O–H groups in total. The molecule has 0 radical (unpaired) electrons. The number of alkyl halides is 1. The highest BCUT2D eigenvalue weighted by molar-refractivity contribution is 9.09. The van der Waals surface area contributed by atoms with E-state index in [1.165, 1.54) is 0 Å². The lowest BCUT2D eigenvalue weighted by atomic mass is 9.99. The molecule has 2 nitrogen and oxygen atoms in total. The third kappa shape index (κ3) is 2.30. The van der Waals surface area contributed by atoms with E-state index in [2.05, 4.69) is 27.8 Å². The Hall–Kier alpha value is -0.800. The van der Waals surface area contributed by atoms with Crippen LogP contribution in [0.4, 0.5) is 0 Å². The quantitative estimate of drug-likeness (QED) is 0.776. The van der Waals surface area contributed by atoms with Gasteiger partial charge in [-0.25, -0.2) is 0 Å². The van der Waals surface area contributed by atoms with Crippen LogP contribution in [0.25, 0.3) is 0 Å². The summed E-state index contributed by atoms with van der Waals surface area (Å²) in [5.41, 5.74) is 1.99. The minimum atomic E-state index is 0.105. The van der Waals surface area contributed by atoms with Gasteiger partial charge in [0.25, 0.3) is 0 Å². The summed E-state index contributed by atoms with van der Waals surface area (Å²) in [6.07, 6.45) is 3.39. The molecular formula is C12H11BrClNO. The van der Waals surface area contributed by atoms with Crippen molar-refractivity contribution in [1.29, 1.82) is 0 Å². The van der Waals surface area contributed by atoms with Crippen molar-refractivity contribution in [3.63, 3.8) is 0 Å². The van der Waals surface area contributed by atoms with Crippen LogP contribution in [0, 0.1) is 0 Å². The molecule has 84 valence electrons. The van der Waals surface area contributed by atoms with Crippen molar-refractivity contribution in [3.8, 4) is 0 Å². The second-order valence-electron chi connectivity index (χ2n) is 3.59. The normalized spacial score (nSPS) is 14.7. The first-order valence-electron chi connectivity index (χ1n) is 4.98. The van der Waals surface area contributed by atoms with E-state index in [-0.39, 0.29) is 10.7 Å². The lowest BCUT2D eigenvalue weighted by molar-refractivity contribution is 0.563. The minimum Gasteiger partial charge on any atom is -0.453 e. The molecule has 0 aliphatic rings. The highest BCUT2D eigenvalue weighted by atomic mass is 79.9. The summed E-state index contributed by atoms with van der Waals surface area (Å²) in [6, 6.07) is 7.77. The highest BCUT2D eigenvalue weighted by Crippen LogP contribution is 2.40. The lowest BCUT2D eigenvalue weighted by Gasteiger charge is -2.16. The van der Waals surface area contributed by atoms with Gasteiger partial charge in [-0.2, -0.15) is 0 Å². The second kappa shape index (κ2) is 5.02. The van der Waals surface area contributed by atoms with Gasteiger partial charge in [0.15, 0.2) is 5.22 Å². The third-order valence-electron chi connectivity index (χ3n) is 2.54. The molecule has 2 aromatic rings. The van der Waals surface area contributed by atoms with Crippen LogP contribution >= 0.6 is 27.5 Å². The van der Waals surface area contributed by atoms with Gasteiger partial charge in [-0.3, -0.25) is 4.98 Å². The van der Waals surface area contributed by atoms with Crippen molar-refractivity contribution in [2.24, 2.45) is 0 Å². The molecule has 0 amide bonds. The molecule has 2 unspecified atom stereocenters. The number of halogens is 2. The van der Waals surface area contributed by atoms with Gasteiger partial charge in [0.2, 0.25) is 0 Å². The zero-order valence-corrected chi connectivity index (χ0v) is 11.1. The third-order valence-corrected chi connectivity index (χ3v) is 4.13. The predicted octanol–water partition coefficient (Wildman–Crippen LogP) is 4.57. The largest absolute Gasteiger partial charge is 0.453 e. The lowest BCUT2D eigenvalue weighted by Crippen LogP contribution is -2.03. The molecule has 0 spiro atoms. The van der Waals surface area contributed by atoms with E-state index < -0.39 is 0 Å². The molecule has 0 bridgehead atoms. The van der Waals surface area contributed by atoms with Crippen molar-refractivity contribution in [2.45, 2.75) is 17.7 Å². The van der Waals surface area contributed by atoms with Gasteiger partial charge in [-0.05, 0) is 29.8 Å². The van der Waals surface area contributed by atoms with Gasteiger partial charge < -0.3 is 4.42 Å². The van der Waals surface area contributed by atoms with Crippen LogP contribution in [-0.4, -0.2) is 4.98 Å². The van der Waals surface area contributed by atoms with E-state index in [0.29, 0.717) is 5.22 Å². The fourth-order valence-electron chi connectivity index (χ4n) is 1.57. The molecule has 0 fully saturated rings. The van der Waals surface area contributed by atoms with Gasteiger partial charge >= 0.3 is 0 Å². The van der Waals surface area contributed by atoms with Crippen molar-refractivity contribution in [2.75, 3.05) is 0 Å². The number of aromatic nitrogens is 1. The first kappa shape index (κ1) is 11.7. The maximum Gasteiger partial charge on any atom is 0.197 e. The fraction of sp³-hybridized carbons (Fsp3) is 0.250. The van der Waals surface area contributed by atoms with Gasteiger partial charge in [0, 0.05) is 23.4 Å². The van der Waals surface area contributed by atoms with Crippen molar-refractivity contribution in [1.82, 2.24) is 4.98 Å². The summed E-state index contributed by atoms with van der Waals surface area (Å²) in [7, 11) is 0. The average Bonchev–Trinajstić information content (AvgIpc) is 2.75. The zero-order chi connectivity index (χ0) is 11.5.